The van der Waals surface area contributed by atoms with Crippen molar-refractivity contribution in [1.82, 2.24) is 9.88 Å². The molecule has 1 atom stereocenters. The number of likely N-dealkylation sites (tertiary alicyclic amines) is 1. The van der Waals surface area contributed by atoms with Crippen LogP contribution in [0.25, 0.3) is 11.3 Å². The average Bonchev–Trinajstić information content (AvgIpc) is 3.15. The molecule has 25 heavy (non-hydrogen) atoms. The first-order chi connectivity index (χ1) is 11.9. The first-order valence-corrected chi connectivity index (χ1v) is 9.13. The van der Waals surface area contributed by atoms with Crippen molar-refractivity contribution in [3.63, 3.8) is 0 Å². The number of anilines is 1. The van der Waals surface area contributed by atoms with Gasteiger partial charge in [-0.25, -0.2) is 4.98 Å². The number of nitrogens with zero attached hydrogens (tertiary/aromatic N) is 2. The van der Waals surface area contributed by atoms with Crippen molar-refractivity contribution in [2.45, 2.75) is 25.8 Å². The molecule has 1 aromatic carbocycles. The molecule has 0 bridgehead atoms. The van der Waals surface area contributed by atoms with Crippen molar-refractivity contribution in [2.24, 2.45) is 0 Å². The van der Waals surface area contributed by atoms with Gasteiger partial charge >= 0.3 is 5.97 Å². The molecule has 3 rings (SSSR count). The van der Waals surface area contributed by atoms with Crippen molar-refractivity contribution in [1.29, 1.82) is 0 Å². The molecule has 132 valence electrons. The summed E-state index contributed by atoms with van der Waals surface area (Å²) in [6.07, 6.45) is 1.38. The Labute approximate surface area is 154 Å². The molecule has 1 aliphatic rings. The van der Waals surface area contributed by atoms with E-state index in [2.05, 4.69) is 10.3 Å². The number of aliphatic carboxylic acids is 1. The predicted octanol–water partition coefficient (Wildman–Crippen LogP) is 3.26. The second-order valence-electron chi connectivity index (χ2n) is 5.95. The molecule has 0 unspecified atom stereocenters. The fourth-order valence-corrected chi connectivity index (χ4v) is 3.94. The van der Waals surface area contributed by atoms with E-state index >= 15 is 0 Å². The van der Waals surface area contributed by atoms with E-state index in [1.165, 1.54) is 11.3 Å². The Bertz CT molecular complexity index is 791. The largest absolute Gasteiger partial charge is 0.480 e. The molecular formula is C17H18ClN3O3S. The molecule has 6 nitrogen and oxygen atoms in total. The van der Waals surface area contributed by atoms with Crippen molar-refractivity contribution in [2.75, 3.05) is 18.4 Å². The normalized spacial score (nSPS) is 17.6. The SMILES string of the molecule is Cc1sc(NC(=O)CN2CCC[C@H]2C(=O)O)nc1-c1ccc(Cl)cc1. The molecule has 1 aliphatic heterocycles. The molecule has 0 spiro atoms. The Hall–Kier alpha value is -1.96. The quantitative estimate of drug-likeness (QED) is 0.833. The zero-order chi connectivity index (χ0) is 18.0. The lowest BCUT2D eigenvalue weighted by Gasteiger charge is -2.19. The third-order valence-corrected chi connectivity index (χ3v) is 5.29. The van der Waals surface area contributed by atoms with Gasteiger partial charge in [-0.1, -0.05) is 23.7 Å². The van der Waals surface area contributed by atoms with Crippen molar-refractivity contribution in [3.05, 3.63) is 34.2 Å². The molecule has 0 radical (unpaired) electrons. The van der Waals surface area contributed by atoms with E-state index in [4.69, 9.17) is 11.6 Å². The van der Waals surface area contributed by atoms with Gasteiger partial charge in [0.25, 0.3) is 0 Å². The number of hydrogen-bond donors (Lipinski definition) is 2. The van der Waals surface area contributed by atoms with Crippen molar-refractivity contribution in [3.8, 4) is 11.3 Å². The highest BCUT2D eigenvalue weighted by atomic mass is 35.5. The topological polar surface area (TPSA) is 82.5 Å². The average molecular weight is 380 g/mol. The standard InChI is InChI=1S/C17H18ClN3O3S/c1-10-15(11-4-6-12(18)7-5-11)20-17(25-10)19-14(22)9-21-8-2-3-13(21)16(23)24/h4-7,13H,2-3,8-9H2,1H3,(H,23,24)(H,19,20,22)/t13-/m0/s1. The number of aryl methyl sites for hydroxylation is 1. The van der Waals surface area contributed by atoms with Gasteiger partial charge in [-0.05, 0) is 38.4 Å². The van der Waals surface area contributed by atoms with Crippen molar-refractivity contribution >= 4 is 39.9 Å². The molecule has 1 aromatic heterocycles. The Morgan fingerprint density at radius 3 is 2.80 bits per heavy atom. The van der Waals surface area contributed by atoms with Crippen LogP contribution in [0.3, 0.4) is 0 Å². The van der Waals surface area contributed by atoms with E-state index in [0.29, 0.717) is 23.1 Å². The van der Waals surface area contributed by atoms with Crippen LogP contribution in [0.1, 0.15) is 17.7 Å². The highest BCUT2D eigenvalue weighted by Crippen LogP contribution is 2.31. The highest BCUT2D eigenvalue weighted by molar-refractivity contribution is 7.16. The summed E-state index contributed by atoms with van der Waals surface area (Å²) in [5, 5.41) is 13.1. The number of carbonyl (C=O) groups is 2. The van der Waals surface area contributed by atoms with E-state index in [9.17, 15) is 14.7 Å². The van der Waals surface area contributed by atoms with Gasteiger partial charge in [0, 0.05) is 15.5 Å². The van der Waals surface area contributed by atoms with E-state index in [-0.39, 0.29) is 12.5 Å². The van der Waals surface area contributed by atoms with Crippen LogP contribution in [0, 0.1) is 6.92 Å². The minimum atomic E-state index is -0.875. The summed E-state index contributed by atoms with van der Waals surface area (Å²) >= 11 is 7.30. The number of benzene rings is 1. The molecule has 1 saturated heterocycles. The van der Waals surface area contributed by atoms with Crippen LogP contribution < -0.4 is 5.32 Å². The van der Waals surface area contributed by atoms with E-state index in [1.54, 1.807) is 17.0 Å². The lowest BCUT2D eigenvalue weighted by Crippen LogP contribution is -2.40. The van der Waals surface area contributed by atoms with Gasteiger partial charge in [0.05, 0.1) is 12.2 Å². The molecule has 1 amide bonds. The highest BCUT2D eigenvalue weighted by Gasteiger charge is 2.31. The molecule has 0 aliphatic carbocycles. The summed E-state index contributed by atoms with van der Waals surface area (Å²) in [6.45, 7) is 2.63. The first kappa shape index (κ1) is 17.8. The Kier molecular flexibility index (Phi) is 5.36. The summed E-state index contributed by atoms with van der Waals surface area (Å²) in [7, 11) is 0. The van der Waals surface area contributed by atoms with Crippen LogP contribution in [0.5, 0.6) is 0 Å². The lowest BCUT2D eigenvalue weighted by atomic mass is 10.1. The summed E-state index contributed by atoms with van der Waals surface area (Å²) in [5.74, 6) is -1.12. The van der Waals surface area contributed by atoms with Gasteiger partial charge in [-0.3, -0.25) is 14.5 Å². The Balaban J connectivity index is 1.67. The predicted molar refractivity (Wildman–Crippen MR) is 98.2 cm³/mol. The second-order valence-corrected chi connectivity index (χ2v) is 7.59. The van der Waals surface area contributed by atoms with E-state index in [0.717, 1.165) is 22.6 Å². The summed E-state index contributed by atoms with van der Waals surface area (Å²) in [5.41, 5.74) is 1.74. The monoisotopic (exact) mass is 379 g/mol. The van der Waals surface area contributed by atoms with Gasteiger partial charge in [0.15, 0.2) is 5.13 Å². The number of carboxylic acids is 1. The number of amides is 1. The first-order valence-electron chi connectivity index (χ1n) is 7.94. The molecule has 2 aromatic rings. The number of halogens is 1. The maximum Gasteiger partial charge on any atom is 0.320 e. The summed E-state index contributed by atoms with van der Waals surface area (Å²) < 4.78 is 0. The number of carboxylic acid groups (broad SMARTS) is 1. The number of aromatic nitrogens is 1. The van der Waals surface area contributed by atoms with Crippen LogP contribution in [-0.4, -0.2) is 46.0 Å². The lowest BCUT2D eigenvalue weighted by molar-refractivity contribution is -0.142. The second kappa shape index (κ2) is 7.51. The smallest absolute Gasteiger partial charge is 0.320 e. The van der Waals surface area contributed by atoms with Crippen LogP contribution in [-0.2, 0) is 9.59 Å². The van der Waals surface area contributed by atoms with E-state index in [1.807, 2.05) is 19.1 Å². The maximum atomic E-state index is 12.2. The van der Waals surface area contributed by atoms with E-state index < -0.39 is 12.0 Å². The third-order valence-electron chi connectivity index (χ3n) is 4.16. The minimum Gasteiger partial charge on any atom is -0.480 e. The zero-order valence-electron chi connectivity index (χ0n) is 13.7. The van der Waals surface area contributed by atoms with Crippen LogP contribution in [0.15, 0.2) is 24.3 Å². The molecule has 1 fully saturated rings. The Morgan fingerprint density at radius 2 is 2.12 bits per heavy atom. The van der Waals surface area contributed by atoms with Crippen molar-refractivity contribution < 1.29 is 14.7 Å². The van der Waals surface area contributed by atoms with Gasteiger partial charge in [-0.2, -0.15) is 0 Å². The fraction of sp³-hybridized carbons (Fsp3) is 0.353. The summed E-state index contributed by atoms with van der Waals surface area (Å²) in [4.78, 5) is 30.6. The Morgan fingerprint density at radius 1 is 1.40 bits per heavy atom. The summed E-state index contributed by atoms with van der Waals surface area (Å²) in [6, 6.07) is 6.80. The number of nitrogens with one attached hydrogen (secondary N) is 1. The molecule has 8 heteroatoms. The zero-order valence-corrected chi connectivity index (χ0v) is 15.2. The van der Waals surface area contributed by atoms with Gasteiger partial charge < -0.3 is 10.4 Å². The van der Waals surface area contributed by atoms with Gasteiger partial charge in [-0.15, -0.1) is 11.3 Å². The maximum absolute atomic E-state index is 12.2. The molecule has 2 heterocycles. The number of hydrogen-bond acceptors (Lipinski definition) is 5. The minimum absolute atomic E-state index is 0.0614. The van der Waals surface area contributed by atoms with Crippen LogP contribution in [0.4, 0.5) is 5.13 Å². The number of carbonyl (C=O) groups excluding carboxylic acids is 1. The third kappa shape index (κ3) is 4.18. The fourth-order valence-electron chi connectivity index (χ4n) is 2.96. The molecule has 0 saturated carbocycles. The number of thiazole rings is 1. The molecular weight excluding hydrogens is 362 g/mol. The van der Waals surface area contributed by atoms with Crippen LogP contribution in [0.2, 0.25) is 5.02 Å². The van der Waals surface area contributed by atoms with Gasteiger partial charge in [0.1, 0.15) is 6.04 Å². The van der Waals surface area contributed by atoms with Gasteiger partial charge in [0.2, 0.25) is 5.91 Å². The van der Waals surface area contributed by atoms with Crippen LogP contribution >= 0.6 is 22.9 Å². The number of rotatable bonds is 5. The molecule has 2 N–H and O–H groups in total.